The Kier molecular flexibility index (Phi) is 3.32. The summed E-state index contributed by atoms with van der Waals surface area (Å²) in [7, 11) is -0.283. The summed E-state index contributed by atoms with van der Waals surface area (Å²) in [5.74, 6) is 0. The van der Waals surface area contributed by atoms with Crippen molar-refractivity contribution in [3.8, 4) is 0 Å². The van der Waals surface area contributed by atoms with Gasteiger partial charge in [0.25, 0.3) is 18.2 Å². The summed E-state index contributed by atoms with van der Waals surface area (Å²) in [6.07, 6.45) is -26.7. The standard InChI is InChI=1S/C4H3BF9O/c1-15-5(2(6,7)8,3(9,10)11)4(12,13)14/h1H3/q-1. The van der Waals surface area contributed by atoms with Crippen LogP contribution >= 0.6 is 0 Å². The molecule has 0 atom stereocenters. The summed E-state index contributed by atoms with van der Waals surface area (Å²) in [6, 6.07) is 0. The highest BCUT2D eigenvalue weighted by Crippen LogP contribution is 2.50. The predicted octanol–water partition coefficient (Wildman–Crippen LogP) is 2.88. The van der Waals surface area contributed by atoms with Crippen molar-refractivity contribution in [2.45, 2.75) is 18.2 Å². The normalized spacial score (nSPS) is 15.6. The zero-order chi connectivity index (χ0) is 12.7. The molecular formula is C4H3BF9O-. The van der Waals surface area contributed by atoms with Crippen LogP contribution in [0.5, 0.6) is 0 Å². The molecule has 0 spiro atoms. The van der Waals surface area contributed by atoms with Crippen LogP contribution in [0.1, 0.15) is 0 Å². The molecule has 0 saturated carbocycles. The Labute approximate surface area is 77.1 Å². The second-order valence-corrected chi connectivity index (χ2v) is 2.65. The van der Waals surface area contributed by atoms with Crippen molar-refractivity contribution < 1.29 is 44.2 Å². The zero-order valence-electron chi connectivity index (χ0n) is 6.89. The fraction of sp³-hybridized carbons (Fsp3) is 1.00. The van der Waals surface area contributed by atoms with Crippen molar-refractivity contribution in [1.82, 2.24) is 0 Å². The average Bonchev–Trinajstić information content (AvgIpc) is 1.76. The maximum Gasteiger partial charge on any atom is 0.450 e. The molecule has 0 aromatic rings. The van der Waals surface area contributed by atoms with Crippen molar-refractivity contribution in [3.05, 3.63) is 0 Å². The number of halogens is 9. The van der Waals surface area contributed by atoms with Gasteiger partial charge in [0, 0.05) is 0 Å². The highest BCUT2D eigenvalue weighted by molar-refractivity contribution is 6.79. The first-order valence-corrected chi connectivity index (χ1v) is 3.21. The lowest BCUT2D eigenvalue weighted by atomic mass is 9.37. The molecule has 0 radical (unpaired) electrons. The molecule has 0 heterocycles. The Bertz CT molecular complexity index is 188. The molecule has 0 aliphatic heterocycles. The van der Waals surface area contributed by atoms with Gasteiger partial charge in [-0.3, -0.25) is 0 Å². The summed E-state index contributed by atoms with van der Waals surface area (Å²) in [6.45, 7) is 0. The molecule has 0 aromatic carbocycles. The van der Waals surface area contributed by atoms with Crippen molar-refractivity contribution in [3.63, 3.8) is 0 Å². The second kappa shape index (κ2) is 3.46. The van der Waals surface area contributed by atoms with E-state index in [1.807, 2.05) is 0 Å². The summed E-state index contributed by atoms with van der Waals surface area (Å²) in [5, 5.41) is 0. The average molecular weight is 249 g/mol. The topological polar surface area (TPSA) is 9.23 Å². The number of hydrogen-bond donors (Lipinski definition) is 0. The highest BCUT2D eigenvalue weighted by atomic mass is 19.4. The molecule has 0 bridgehead atoms. The minimum atomic E-state index is -6.92. The fourth-order valence-electron chi connectivity index (χ4n) is 0.958. The van der Waals surface area contributed by atoms with Gasteiger partial charge in [-0.05, 0) is 7.11 Å². The third kappa shape index (κ3) is 2.01. The summed E-state index contributed by atoms with van der Waals surface area (Å²) >= 11 is 0. The Hall–Kier alpha value is -0.605. The van der Waals surface area contributed by atoms with Crippen LogP contribution in [-0.2, 0) is 4.65 Å². The maximum absolute atomic E-state index is 11.8. The fourth-order valence-corrected chi connectivity index (χ4v) is 0.958. The molecule has 0 fully saturated rings. The molecular weight excluding hydrogens is 246 g/mol. The van der Waals surface area contributed by atoms with Gasteiger partial charge in [-0.15, -0.1) is 0 Å². The molecule has 0 amide bonds. The van der Waals surface area contributed by atoms with E-state index in [0.29, 0.717) is 0 Å². The predicted molar refractivity (Wildman–Crippen MR) is 30.9 cm³/mol. The van der Waals surface area contributed by atoms with E-state index in [1.165, 1.54) is 0 Å². The SMILES string of the molecule is CO[B-](C(F)(F)F)(C(F)(F)F)C(F)(F)F. The summed E-state index contributed by atoms with van der Waals surface area (Å²) < 4.78 is 109. The Morgan fingerprint density at radius 3 is 0.867 bits per heavy atom. The van der Waals surface area contributed by atoms with E-state index in [2.05, 4.69) is 4.65 Å². The van der Waals surface area contributed by atoms with E-state index in [1.54, 1.807) is 0 Å². The van der Waals surface area contributed by atoms with Crippen LogP contribution < -0.4 is 0 Å². The van der Waals surface area contributed by atoms with Crippen LogP contribution in [0, 0.1) is 0 Å². The monoisotopic (exact) mass is 249 g/mol. The van der Waals surface area contributed by atoms with E-state index < -0.39 is 24.6 Å². The van der Waals surface area contributed by atoms with Crippen LogP contribution in [0.2, 0.25) is 0 Å². The van der Waals surface area contributed by atoms with Crippen molar-refractivity contribution >= 4 is 6.35 Å². The molecule has 15 heavy (non-hydrogen) atoms. The lowest BCUT2D eigenvalue weighted by Gasteiger charge is -2.43. The molecule has 0 rings (SSSR count). The summed E-state index contributed by atoms with van der Waals surface area (Å²) in [5.41, 5.74) is 0. The summed E-state index contributed by atoms with van der Waals surface area (Å²) in [4.78, 5) is 0. The van der Waals surface area contributed by atoms with Gasteiger partial charge in [0.2, 0.25) is 0 Å². The molecule has 0 saturated heterocycles. The van der Waals surface area contributed by atoms with Gasteiger partial charge in [-0.2, -0.15) is 0 Å². The van der Waals surface area contributed by atoms with E-state index >= 15 is 0 Å². The lowest BCUT2D eigenvalue weighted by molar-refractivity contribution is -0.189. The van der Waals surface area contributed by atoms with Gasteiger partial charge in [0.15, 0.2) is 0 Å². The number of hydrogen-bond acceptors (Lipinski definition) is 1. The van der Waals surface area contributed by atoms with E-state index in [9.17, 15) is 39.5 Å². The highest BCUT2D eigenvalue weighted by Gasteiger charge is 2.80. The molecule has 0 unspecified atom stereocenters. The minimum absolute atomic E-state index is 0.283. The van der Waals surface area contributed by atoms with E-state index in [-0.39, 0.29) is 7.11 Å². The van der Waals surface area contributed by atoms with Crippen molar-refractivity contribution in [1.29, 1.82) is 0 Å². The zero-order valence-corrected chi connectivity index (χ0v) is 6.89. The van der Waals surface area contributed by atoms with Gasteiger partial charge >= 0.3 is 6.35 Å². The van der Waals surface area contributed by atoms with Crippen LogP contribution in [0.4, 0.5) is 39.5 Å². The second-order valence-electron chi connectivity index (χ2n) is 2.65. The van der Waals surface area contributed by atoms with Gasteiger partial charge in [0.05, 0.1) is 0 Å². The Morgan fingerprint density at radius 2 is 0.867 bits per heavy atom. The largest absolute Gasteiger partial charge is 0.574 e. The van der Waals surface area contributed by atoms with Gasteiger partial charge < -0.3 is 4.65 Å². The van der Waals surface area contributed by atoms with Crippen molar-refractivity contribution in [2.24, 2.45) is 0 Å². The smallest absolute Gasteiger partial charge is 0.450 e. The van der Waals surface area contributed by atoms with Gasteiger partial charge in [-0.1, -0.05) is 0 Å². The minimum Gasteiger partial charge on any atom is -0.574 e. The van der Waals surface area contributed by atoms with Crippen LogP contribution in [0.15, 0.2) is 0 Å². The van der Waals surface area contributed by atoms with Gasteiger partial charge in [-0.25, -0.2) is 39.5 Å². The molecule has 11 heteroatoms. The molecule has 0 aliphatic carbocycles. The Balaban J connectivity index is 5.78. The first kappa shape index (κ1) is 14.4. The van der Waals surface area contributed by atoms with Crippen molar-refractivity contribution in [2.75, 3.05) is 7.11 Å². The van der Waals surface area contributed by atoms with Crippen LogP contribution in [-0.4, -0.2) is 31.7 Å². The third-order valence-corrected chi connectivity index (χ3v) is 1.74. The quantitative estimate of drug-likeness (QED) is 0.512. The molecule has 0 aliphatic rings. The first-order valence-electron chi connectivity index (χ1n) is 3.21. The first-order chi connectivity index (χ1) is 6.31. The maximum atomic E-state index is 11.8. The van der Waals surface area contributed by atoms with Crippen LogP contribution in [0.3, 0.4) is 0 Å². The molecule has 0 aromatic heterocycles. The molecule has 92 valence electrons. The van der Waals surface area contributed by atoms with E-state index in [0.717, 1.165) is 0 Å². The number of alkyl halides is 9. The van der Waals surface area contributed by atoms with E-state index in [4.69, 9.17) is 0 Å². The third-order valence-electron chi connectivity index (χ3n) is 1.74. The number of rotatable bonds is 1. The lowest BCUT2D eigenvalue weighted by Crippen LogP contribution is -2.73. The van der Waals surface area contributed by atoms with Crippen LogP contribution in [0.25, 0.3) is 0 Å². The molecule has 0 N–H and O–H groups in total. The van der Waals surface area contributed by atoms with Gasteiger partial charge in [0.1, 0.15) is 0 Å². The Morgan fingerprint density at radius 1 is 0.667 bits per heavy atom. The molecule has 1 nitrogen and oxygen atoms in total.